The van der Waals surface area contributed by atoms with Crippen LogP contribution < -0.4 is 10.6 Å². The highest BCUT2D eigenvalue weighted by Crippen LogP contribution is 2.33. The van der Waals surface area contributed by atoms with Gasteiger partial charge in [-0.05, 0) is 17.7 Å². The molecule has 0 aliphatic carbocycles. The Hall–Kier alpha value is -1.47. The van der Waals surface area contributed by atoms with Gasteiger partial charge < -0.3 is 5.32 Å². The van der Waals surface area contributed by atoms with Crippen LogP contribution in [-0.4, -0.2) is 24.2 Å². The minimum absolute atomic E-state index is 0.00550. The van der Waals surface area contributed by atoms with Gasteiger partial charge in [-0.1, -0.05) is 41.9 Å². The maximum absolute atomic E-state index is 12.0. The summed E-state index contributed by atoms with van der Waals surface area (Å²) < 4.78 is 13.0. The number of benzene rings is 1. The smallest absolute Gasteiger partial charge is 0.321 e. The number of alkyl halides is 1. The number of carbonyl (C=O) groups is 1. The van der Waals surface area contributed by atoms with Crippen molar-refractivity contribution >= 4 is 38.4 Å². The topological polar surface area (TPSA) is 54.0 Å². The zero-order chi connectivity index (χ0) is 16.2. The molecule has 2 N–H and O–H groups in total. The van der Waals surface area contributed by atoms with Crippen LogP contribution in [0.1, 0.15) is 25.1 Å². The fourth-order valence-corrected chi connectivity index (χ4v) is 3.07. The molecule has 0 fully saturated rings. The minimum Gasteiger partial charge on any atom is -0.335 e. The number of urea groups is 1. The second-order valence-electron chi connectivity index (χ2n) is 5.24. The van der Waals surface area contributed by atoms with Crippen LogP contribution in [-0.2, 0) is 5.41 Å². The van der Waals surface area contributed by atoms with Gasteiger partial charge in [0.1, 0.15) is 6.67 Å². The lowest BCUT2D eigenvalue weighted by Crippen LogP contribution is -2.30. The lowest BCUT2D eigenvalue weighted by molar-refractivity contribution is 0.251. The van der Waals surface area contributed by atoms with Gasteiger partial charge in [-0.3, -0.25) is 5.32 Å². The Balaban J connectivity index is 2.12. The van der Waals surface area contributed by atoms with Gasteiger partial charge in [0.2, 0.25) is 0 Å². The number of halogens is 2. The average molecular weight is 386 g/mol. The summed E-state index contributed by atoms with van der Waals surface area (Å²) in [5, 5.41) is 7.44. The van der Waals surface area contributed by atoms with Crippen LogP contribution in [0, 0.1) is 0 Å². The van der Waals surface area contributed by atoms with Crippen molar-refractivity contribution in [1.82, 2.24) is 10.3 Å². The number of aromatic nitrogens is 1. The largest absolute Gasteiger partial charge is 0.335 e. The van der Waals surface area contributed by atoms with E-state index in [4.69, 9.17) is 0 Å². The van der Waals surface area contributed by atoms with Gasteiger partial charge in [-0.15, -0.1) is 11.3 Å². The summed E-state index contributed by atoms with van der Waals surface area (Å²) in [5.74, 6) is 0. The summed E-state index contributed by atoms with van der Waals surface area (Å²) in [4.78, 5) is 16.0. The van der Waals surface area contributed by atoms with Crippen LogP contribution in [0.2, 0.25) is 0 Å². The van der Waals surface area contributed by atoms with Crippen molar-refractivity contribution in [2.24, 2.45) is 0 Å². The summed E-state index contributed by atoms with van der Waals surface area (Å²) in [7, 11) is 0. The molecule has 1 aromatic carbocycles. The Kier molecular flexibility index (Phi) is 5.52. The Morgan fingerprint density at radius 2 is 2.05 bits per heavy atom. The summed E-state index contributed by atoms with van der Waals surface area (Å²) in [6, 6.07) is 7.63. The number of hydrogen-bond acceptors (Lipinski definition) is 3. The Morgan fingerprint density at radius 3 is 2.68 bits per heavy atom. The third-order valence-corrected chi connectivity index (χ3v) is 4.60. The highest BCUT2D eigenvalue weighted by Gasteiger charge is 2.26. The first-order chi connectivity index (χ1) is 10.4. The lowest BCUT2D eigenvalue weighted by Gasteiger charge is -2.23. The van der Waals surface area contributed by atoms with Crippen molar-refractivity contribution in [2.75, 3.05) is 18.5 Å². The quantitative estimate of drug-likeness (QED) is 0.804. The van der Waals surface area contributed by atoms with Gasteiger partial charge in [-0.2, -0.15) is 0 Å². The van der Waals surface area contributed by atoms with Crippen molar-refractivity contribution in [3.8, 4) is 0 Å². The van der Waals surface area contributed by atoms with Gasteiger partial charge in [0, 0.05) is 21.8 Å². The van der Waals surface area contributed by atoms with E-state index in [0.717, 1.165) is 15.7 Å². The van der Waals surface area contributed by atoms with Gasteiger partial charge in [0.05, 0.1) is 5.69 Å². The van der Waals surface area contributed by atoms with Crippen molar-refractivity contribution in [3.05, 3.63) is 45.4 Å². The number of amides is 2. The second kappa shape index (κ2) is 7.19. The molecule has 0 aliphatic rings. The molecule has 0 spiro atoms. The molecular weight excluding hydrogens is 369 g/mol. The molecule has 0 aliphatic heterocycles. The average Bonchev–Trinajstić information content (AvgIpc) is 2.95. The SMILES string of the molecule is CC(C)(c1ccc(Br)cc1)c1csc(NC(=O)NCCF)n1. The fraction of sp³-hybridized carbons (Fsp3) is 0.333. The molecule has 4 nitrogen and oxygen atoms in total. The van der Waals surface area contributed by atoms with E-state index in [1.165, 1.54) is 11.3 Å². The first-order valence-corrected chi connectivity index (χ1v) is 8.43. The van der Waals surface area contributed by atoms with Crippen molar-refractivity contribution < 1.29 is 9.18 Å². The van der Waals surface area contributed by atoms with E-state index in [1.807, 2.05) is 29.6 Å². The molecule has 0 radical (unpaired) electrons. The molecular formula is C15H17BrFN3OS. The fourth-order valence-electron chi connectivity index (χ4n) is 1.93. The maximum atomic E-state index is 12.0. The first kappa shape index (κ1) is 16.9. The molecule has 0 saturated heterocycles. The summed E-state index contributed by atoms with van der Waals surface area (Å²) in [6.45, 7) is 3.57. The van der Waals surface area contributed by atoms with Crippen LogP contribution in [0.15, 0.2) is 34.1 Å². The molecule has 0 atom stereocenters. The first-order valence-electron chi connectivity index (χ1n) is 6.76. The number of rotatable bonds is 5. The van der Waals surface area contributed by atoms with E-state index in [2.05, 4.69) is 45.4 Å². The Bertz CT molecular complexity index is 642. The van der Waals surface area contributed by atoms with Crippen molar-refractivity contribution in [2.45, 2.75) is 19.3 Å². The Morgan fingerprint density at radius 1 is 1.36 bits per heavy atom. The van der Waals surface area contributed by atoms with Gasteiger partial charge in [0.25, 0.3) is 0 Å². The van der Waals surface area contributed by atoms with Crippen LogP contribution >= 0.6 is 27.3 Å². The zero-order valence-corrected chi connectivity index (χ0v) is 14.7. The van der Waals surface area contributed by atoms with Gasteiger partial charge >= 0.3 is 6.03 Å². The predicted molar refractivity (Wildman–Crippen MR) is 91.4 cm³/mol. The number of carbonyl (C=O) groups excluding carboxylic acids is 1. The number of hydrogen-bond donors (Lipinski definition) is 2. The molecule has 0 unspecified atom stereocenters. The second-order valence-corrected chi connectivity index (χ2v) is 7.01. The Labute approximate surface area is 141 Å². The normalized spacial score (nSPS) is 11.3. The number of thiazole rings is 1. The maximum Gasteiger partial charge on any atom is 0.321 e. The number of nitrogens with zero attached hydrogens (tertiary/aromatic N) is 1. The van der Waals surface area contributed by atoms with Gasteiger partial charge in [0.15, 0.2) is 5.13 Å². The highest BCUT2D eigenvalue weighted by molar-refractivity contribution is 9.10. The van der Waals surface area contributed by atoms with Crippen molar-refractivity contribution in [1.29, 1.82) is 0 Å². The molecule has 2 aromatic rings. The molecule has 22 heavy (non-hydrogen) atoms. The molecule has 1 heterocycles. The predicted octanol–water partition coefficient (Wildman–Crippen LogP) is 4.32. The summed E-state index contributed by atoms with van der Waals surface area (Å²) >= 11 is 4.78. The van der Waals surface area contributed by atoms with Crippen LogP contribution in [0.4, 0.5) is 14.3 Å². The standard InChI is InChI=1S/C15H17BrFN3OS/c1-15(2,10-3-5-11(16)6-4-10)12-9-22-14(19-12)20-13(21)18-8-7-17/h3-6,9H,7-8H2,1-2H3,(H2,18,19,20,21). The van der Waals surface area contributed by atoms with Crippen molar-refractivity contribution in [3.63, 3.8) is 0 Å². The highest BCUT2D eigenvalue weighted by atomic mass is 79.9. The molecule has 0 saturated carbocycles. The van der Waals surface area contributed by atoms with Crippen LogP contribution in [0.3, 0.4) is 0 Å². The molecule has 1 aromatic heterocycles. The van der Waals surface area contributed by atoms with Crippen LogP contribution in [0.5, 0.6) is 0 Å². The zero-order valence-electron chi connectivity index (χ0n) is 12.3. The van der Waals surface area contributed by atoms with E-state index >= 15 is 0 Å². The summed E-state index contributed by atoms with van der Waals surface area (Å²) in [6.07, 6.45) is 0. The molecule has 7 heteroatoms. The third-order valence-electron chi connectivity index (χ3n) is 3.31. The van der Waals surface area contributed by atoms with Gasteiger partial charge in [-0.25, -0.2) is 14.2 Å². The number of nitrogens with one attached hydrogen (secondary N) is 2. The minimum atomic E-state index is -0.590. The monoisotopic (exact) mass is 385 g/mol. The van der Waals surface area contributed by atoms with E-state index in [1.54, 1.807) is 0 Å². The molecule has 2 rings (SSSR count). The van der Waals surface area contributed by atoms with E-state index < -0.39 is 12.7 Å². The van der Waals surface area contributed by atoms with E-state index in [9.17, 15) is 9.18 Å². The summed E-state index contributed by atoms with van der Waals surface area (Å²) in [5.41, 5.74) is 1.74. The van der Waals surface area contributed by atoms with E-state index in [-0.39, 0.29) is 12.0 Å². The lowest BCUT2D eigenvalue weighted by atomic mass is 9.82. The number of anilines is 1. The van der Waals surface area contributed by atoms with E-state index in [0.29, 0.717) is 5.13 Å². The third kappa shape index (κ3) is 4.04. The molecule has 0 bridgehead atoms. The molecule has 118 valence electrons. The van der Waals surface area contributed by atoms with Crippen LogP contribution in [0.25, 0.3) is 0 Å². The molecule has 2 amide bonds.